The van der Waals surface area contributed by atoms with Crippen molar-refractivity contribution in [1.82, 2.24) is 19.1 Å². The van der Waals surface area contributed by atoms with Crippen molar-refractivity contribution in [2.45, 2.75) is 35.7 Å². The fraction of sp³-hybridized carbons (Fsp3) is 0.444. The van der Waals surface area contributed by atoms with Crippen LogP contribution in [0.2, 0.25) is 0 Å². The highest BCUT2D eigenvalue weighted by Crippen LogP contribution is 2.23. The molecule has 3 rings (SSSR count). The molecule has 0 aliphatic carbocycles. The van der Waals surface area contributed by atoms with E-state index >= 15 is 0 Å². The third-order valence-corrected chi connectivity index (χ3v) is 7.59. The number of aromatic nitrogens is 3. The van der Waals surface area contributed by atoms with Crippen molar-refractivity contribution in [1.29, 1.82) is 0 Å². The quantitative estimate of drug-likeness (QED) is 0.535. The van der Waals surface area contributed by atoms with Crippen molar-refractivity contribution < 1.29 is 18.0 Å². The number of sulfonamides is 1. The zero-order chi connectivity index (χ0) is 21.7. The molecule has 1 aliphatic heterocycles. The normalized spacial score (nSPS) is 14.7. The Labute approximate surface area is 179 Å². The number of benzene rings is 1. The van der Waals surface area contributed by atoms with Gasteiger partial charge in [0.2, 0.25) is 21.8 Å². The first-order chi connectivity index (χ1) is 14.3. The molecule has 1 aromatic carbocycles. The fourth-order valence-electron chi connectivity index (χ4n) is 3.06. The zero-order valence-corrected chi connectivity index (χ0v) is 18.2. The summed E-state index contributed by atoms with van der Waals surface area (Å²) in [6.07, 6.45) is 2.27. The van der Waals surface area contributed by atoms with Crippen LogP contribution in [0.3, 0.4) is 0 Å². The van der Waals surface area contributed by atoms with E-state index in [1.54, 1.807) is 23.7 Å². The predicted molar refractivity (Wildman–Crippen MR) is 112 cm³/mol. The molecule has 1 aliphatic rings. The maximum atomic E-state index is 12.7. The second-order valence-corrected chi connectivity index (χ2v) is 9.78. The van der Waals surface area contributed by atoms with Crippen LogP contribution in [0.5, 0.6) is 0 Å². The van der Waals surface area contributed by atoms with E-state index in [2.05, 4.69) is 15.5 Å². The van der Waals surface area contributed by atoms with E-state index in [0.29, 0.717) is 36.2 Å². The number of hydrogen-bond donors (Lipinski definition) is 2. The van der Waals surface area contributed by atoms with Gasteiger partial charge in [-0.2, -0.15) is 4.31 Å². The zero-order valence-electron chi connectivity index (χ0n) is 16.6. The van der Waals surface area contributed by atoms with Gasteiger partial charge in [0.15, 0.2) is 5.16 Å². The molecule has 3 N–H and O–H groups in total. The van der Waals surface area contributed by atoms with Gasteiger partial charge in [-0.3, -0.25) is 9.59 Å². The first-order valence-corrected chi connectivity index (χ1v) is 11.9. The number of primary amides is 1. The van der Waals surface area contributed by atoms with Gasteiger partial charge in [0.1, 0.15) is 5.82 Å². The number of carbonyl (C=O) groups is 2. The molecule has 162 valence electrons. The van der Waals surface area contributed by atoms with E-state index in [0.717, 1.165) is 12.8 Å². The summed E-state index contributed by atoms with van der Waals surface area (Å²) in [6, 6.07) is 6.26. The number of rotatable bonds is 9. The fourth-order valence-corrected chi connectivity index (χ4v) is 5.36. The van der Waals surface area contributed by atoms with Gasteiger partial charge in [-0.15, -0.1) is 10.2 Å². The van der Waals surface area contributed by atoms with Crippen LogP contribution in [-0.4, -0.2) is 58.1 Å². The van der Waals surface area contributed by atoms with Crippen LogP contribution in [0.25, 0.3) is 0 Å². The molecule has 0 radical (unpaired) electrons. The van der Waals surface area contributed by atoms with Gasteiger partial charge >= 0.3 is 0 Å². The number of nitrogens with zero attached hydrogens (tertiary/aromatic N) is 4. The molecule has 2 aromatic rings. The molecule has 0 spiro atoms. The average Bonchev–Trinajstić information content (AvgIpc) is 3.36. The lowest BCUT2D eigenvalue weighted by molar-refractivity contribution is -0.118. The molecular weight excluding hydrogens is 428 g/mol. The standard InChI is InChI=1S/C18H24N6O4S2/c1-23-16(8-7-15(19)25)21-22-18(23)29-12-17(26)20-13-5-4-6-14(11-13)30(27,28)24-9-2-3-10-24/h4-6,11H,2-3,7-10,12H2,1H3,(H2,19,25)(H,20,26). The van der Waals surface area contributed by atoms with Crippen molar-refractivity contribution >= 4 is 39.3 Å². The second kappa shape index (κ2) is 9.58. The Hall–Kier alpha value is -2.44. The minimum atomic E-state index is -3.54. The van der Waals surface area contributed by atoms with Crippen molar-refractivity contribution in [3.05, 3.63) is 30.1 Å². The van der Waals surface area contributed by atoms with E-state index in [-0.39, 0.29) is 23.0 Å². The number of amides is 2. The minimum absolute atomic E-state index is 0.0743. The summed E-state index contributed by atoms with van der Waals surface area (Å²) in [6.45, 7) is 1.05. The molecule has 2 amide bonds. The molecule has 0 saturated carbocycles. The van der Waals surface area contributed by atoms with Gasteiger partial charge < -0.3 is 15.6 Å². The summed E-state index contributed by atoms with van der Waals surface area (Å²) in [7, 11) is -1.79. The van der Waals surface area contributed by atoms with Crippen molar-refractivity contribution in [3.63, 3.8) is 0 Å². The highest BCUT2D eigenvalue weighted by Gasteiger charge is 2.27. The molecule has 0 unspecified atom stereocenters. The highest BCUT2D eigenvalue weighted by molar-refractivity contribution is 7.99. The van der Waals surface area contributed by atoms with Gasteiger partial charge in [0.05, 0.1) is 10.6 Å². The first-order valence-electron chi connectivity index (χ1n) is 9.47. The summed E-state index contributed by atoms with van der Waals surface area (Å²) < 4.78 is 28.5. The Kier molecular flexibility index (Phi) is 7.10. The van der Waals surface area contributed by atoms with Crippen LogP contribution >= 0.6 is 11.8 Å². The van der Waals surface area contributed by atoms with Gasteiger partial charge in [-0.05, 0) is 31.0 Å². The molecule has 1 aromatic heterocycles. The Bertz CT molecular complexity index is 1030. The lowest BCUT2D eigenvalue weighted by Gasteiger charge is -2.16. The van der Waals surface area contributed by atoms with Crippen LogP contribution in [0, 0.1) is 0 Å². The second-order valence-electron chi connectivity index (χ2n) is 6.90. The van der Waals surface area contributed by atoms with Crippen LogP contribution in [0.15, 0.2) is 34.3 Å². The minimum Gasteiger partial charge on any atom is -0.370 e. The number of anilines is 1. The summed E-state index contributed by atoms with van der Waals surface area (Å²) in [5.41, 5.74) is 5.56. The summed E-state index contributed by atoms with van der Waals surface area (Å²) in [4.78, 5) is 23.4. The van der Waals surface area contributed by atoms with Gasteiger partial charge in [-0.25, -0.2) is 8.42 Å². The van der Waals surface area contributed by atoms with E-state index in [4.69, 9.17) is 5.73 Å². The molecule has 0 bridgehead atoms. The molecule has 2 heterocycles. The average molecular weight is 453 g/mol. The Balaban J connectivity index is 1.59. The topological polar surface area (TPSA) is 140 Å². The third kappa shape index (κ3) is 5.37. The SMILES string of the molecule is Cn1c(CCC(N)=O)nnc1SCC(=O)Nc1cccc(S(=O)(=O)N2CCCC2)c1. The molecule has 10 nitrogen and oxygen atoms in total. The highest BCUT2D eigenvalue weighted by atomic mass is 32.2. The molecule has 12 heteroatoms. The molecular formula is C18H24N6O4S2. The molecule has 30 heavy (non-hydrogen) atoms. The van der Waals surface area contributed by atoms with E-state index < -0.39 is 15.9 Å². The maximum Gasteiger partial charge on any atom is 0.243 e. The van der Waals surface area contributed by atoms with Crippen LogP contribution in [0.4, 0.5) is 5.69 Å². The van der Waals surface area contributed by atoms with Gasteiger partial charge in [-0.1, -0.05) is 17.8 Å². The van der Waals surface area contributed by atoms with Crippen molar-refractivity contribution in [2.75, 3.05) is 24.2 Å². The van der Waals surface area contributed by atoms with Crippen LogP contribution in [0.1, 0.15) is 25.1 Å². The van der Waals surface area contributed by atoms with Crippen LogP contribution < -0.4 is 11.1 Å². The van der Waals surface area contributed by atoms with E-state index in [1.807, 2.05) is 0 Å². The summed E-state index contributed by atoms with van der Waals surface area (Å²) >= 11 is 1.19. The number of nitrogens with two attached hydrogens (primary N) is 1. The molecule has 1 fully saturated rings. The lowest BCUT2D eigenvalue weighted by atomic mass is 10.3. The third-order valence-electron chi connectivity index (χ3n) is 4.67. The predicted octanol–water partition coefficient (Wildman–Crippen LogP) is 0.748. The Morgan fingerprint density at radius 3 is 2.67 bits per heavy atom. The van der Waals surface area contributed by atoms with Crippen molar-refractivity contribution in [2.24, 2.45) is 12.8 Å². The van der Waals surface area contributed by atoms with Gasteiger partial charge in [0.25, 0.3) is 0 Å². The maximum absolute atomic E-state index is 12.7. The lowest BCUT2D eigenvalue weighted by Crippen LogP contribution is -2.28. The number of thioether (sulfide) groups is 1. The Morgan fingerprint density at radius 1 is 1.23 bits per heavy atom. The smallest absolute Gasteiger partial charge is 0.243 e. The van der Waals surface area contributed by atoms with E-state index in [1.165, 1.54) is 28.2 Å². The monoisotopic (exact) mass is 452 g/mol. The number of carbonyl (C=O) groups excluding carboxylic acids is 2. The molecule has 1 saturated heterocycles. The summed E-state index contributed by atoms with van der Waals surface area (Å²) in [5, 5.41) is 11.3. The van der Waals surface area contributed by atoms with Crippen LogP contribution in [-0.2, 0) is 33.1 Å². The van der Waals surface area contributed by atoms with Gasteiger partial charge in [0, 0.05) is 38.7 Å². The number of hydrogen-bond acceptors (Lipinski definition) is 7. The van der Waals surface area contributed by atoms with E-state index in [9.17, 15) is 18.0 Å². The van der Waals surface area contributed by atoms with Crippen molar-refractivity contribution in [3.8, 4) is 0 Å². The Morgan fingerprint density at radius 2 is 1.97 bits per heavy atom. The first kappa shape index (κ1) is 22.2. The molecule has 0 atom stereocenters. The number of aryl methyl sites for hydroxylation is 1. The number of nitrogens with one attached hydrogen (secondary N) is 1. The summed E-state index contributed by atoms with van der Waals surface area (Å²) in [5.74, 6) is -0.0280. The largest absolute Gasteiger partial charge is 0.370 e.